The third-order valence-electron chi connectivity index (χ3n) is 3.80. The first-order chi connectivity index (χ1) is 12.8. The van der Waals surface area contributed by atoms with Gasteiger partial charge in [-0.2, -0.15) is 0 Å². The van der Waals surface area contributed by atoms with Gasteiger partial charge in [0, 0.05) is 16.9 Å². The lowest BCUT2D eigenvalue weighted by atomic mass is 10.2. The molecule has 0 saturated heterocycles. The van der Waals surface area contributed by atoms with E-state index in [4.69, 9.17) is 0 Å². The molecule has 2 N–H and O–H groups in total. The molecule has 7 heteroatoms. The average Bonchev–Trinajstić information content (AvgIpc) is 2.62. The number of carbonyl (C=O) groups is 1. The summed E-state index contributed by atoms with van der Waals surface area (Å²) >= 11 is 0. The summed E-state index contributed by atoms with van der Waals surface area (Å²) in [4.78, 5) is 12.2. The van der Waals surface area contributed by atoms with Crippen LogP contribution in [0.25, 0.3) is 0 Å². The van der Waals surface area contributed by atoms with Crippen molar-refractivity contribution in [2.24, 2.45) is 0 Å². The summed E-state index contributed by atoms with van der Waals surface area (Å²) in [6.45, 7) is 1.87. The van der Waals surface area contributed by atoms with Gasteiger partial charge < -0.3 is 5.32 Å². The van der Waals surface area contributed by atoms with Crippen molar-refractivity contribution in [3.63, 3.8) is 0 Å². The number of hydrogen-bond donors (Lipinski definition) is 2. The summed E-state index contributed by atoms with van der Waals surface area (Å²) in [6.07, 6.45) is 0. The van der Waals surface area contributed by atoms with Crippen LogP contribution in [0.1, 0.15) is 15.9 Å². The van der Waals surface area contributed by atoms with Gasteiger partial charge >= 0.3 is 0 Å². The van der Waals surface area contributed by atoms with E-state index in [1.54, 1.807) is 18.2 Å². The molecule has 0 aliphatic heterocycles. The van der Waals surface area contributed by atoms with Crippen molar-refractivity contribution in [3.8, 4) is 0 Å². The molecule has 5 nitrogen and oxygen atoms in total. The van der Waals surface area contributed by atoms with Crippen LogP contribution in [0.2, 0.25) is 0 Å². The summed E-state index contributed by atoms with van der Waals surface area (Å²) in [6, 6.07) is 18.0. The van der Waals surface area contributed by atoms with Gasteiger partial charge in [0.2, 0.25) is 0 Å². The molecule has 3 rings (SSSR count). The van der Waals surface area contributed by atoms with E-state index < -0.39 is 21.7 Å². The van der Waals surface area contributed by atoms with Crippen LogP contribution in [0.3, 0.4) is 0 Å². The summed E-state index contributed by atoms with van der Waals surface area (Å²) in [5.41, 5.74) is 2.14. The fraction of sp³-hybridized carbons (Fsp3) is 0.0500. The number of benzene rings is 3. The van der Waals surface area contributed by atoms with E-state index in [-0.39, 0.29) is 4.90 Å². The van der Waals surface area contributed by atoms with Crippen LogP contribution in [0.4, 0.5) is 15.8 Å². The molecule has 138 valence electrons. The van der Waals surface area contributed by atoms with E-state index in [1.807, 2.05) is 13.0 Å². The molecule has 0 saturated carbocycles. The van der Waals surface area contributed by atoms with Crippen LogP contribution in [-0.2, 0) is 10.0 Å². The number of rotatable bonds is 5. The van der Waals surface area contributed by atoms with E-state index in [2.05, 4.69) is 10.0 Å². The minimum atomic E-state index is -3.74. The molecule has 0 heterocycles. The Morgan fingerprint density at radius 3 is 2.19 bits per heavy atom. The summed E-state index contributed by atoms with van der Waals surface area (Å²) in [5, 5.41) is 2.64. The highest BCUT2D eigenvalue weighted by Crippen LogP contribution is 2.19. The fourth-order valence-corrected chi connectivity index (χ4v) is 3.49. The van der Waals surface area contributed by atoms with Crippen molar-refractivity contribution in [2.75, 3.05) is 10.0 Å². The number of nitrogens with one attached hydrogen (secondary N) is 2. The Balaban J connectivity index is 1.72. The van der Waals surface area contributed by atoms with Crippen LogP contribution in [0, 0.1) is 12.7 Å². The second kappa shape index (κ2) is 7.59. The first-order valence-electron chi connectivity index (χ1n) is 8.10. The van der Waals surface area contributed by atoms with Crippen LogP contribution >= 0.6 is 0 Å². The highest BCUT2D eigenvalue weighted by Gasteiger charge is 2.14. The molecule has 0 radical (unpaired) electrons. The number of amides is 1. The lowest BCUT2D eigenvalue weighted by molar-refractivity contribution is 0.102. The van der Waals surface area contributed by atoms with Gasteiger partial charge in [0.15, 0.2) is 0 Å². The predicted octanol–water partition coefficient (Wildman–Crippen LogP) is 4.19. The first-order valence-corrected chi connectivity index (χ1v) is 9.58. The van der Waals surface area contributed by atoms with Crippen LogP contribution in [0.15, 0.2) is 77.7 Å². The second-order valence-electron chi connectivity index (χ2n) is 5.96. The minimum absolute atomic E-state index is 0.0730. The molecule has 27 heavy (non-hydrogen) atoms. The Hall–Kier alpha value is -3.19. The van der Waals surface area contributed by atoms with E-state index in [0.29, 0.717) is 16.9 Å². The zero-order valence-corrected chi connectivity index (χ0v) is 15.3. The Morgan fingerprint density at radius 2 is 1.56 bits per heavy atom. The maximum Gasteiger partial charge on any atom is 0.261 e. The molecular formula is C20H17FN2O3S. The van der Waals surface area contributed by atoms with Crippen molar-refractivity contribution in [1.29, 1.82) is 0 Å². The number of aryl methyl sites for hydroxylation is 1. The molecule has 3 aromatic rings. The van der Waals surface area contributed by atoms with Crippen LogP contribution < -0.4 is 10.0 Å². The van der Waals surface area contributed by atoms with Gasteiger partial charge in [-0.3, -0.25) is 9.52 Å². The number of anilines is 2. The zero-order valence-electron chi connectivity index (χ0n) is 14.4. The SMILES string of the molecule is Cc1cccc(NS(=O)(=O)c2ccc(NC(=O)c3ccc(F)cc3)cc2)c1. The monoisotopic (exact) mass is 384 g/mol. The van der Waals surface area contributed by atoms with Gasteiger partial charge in [-0.1, -0.05) is 12.1 Å². The Bertz CT molecular complexity index is 1060. The van der Waals surface area contributed by atoms with Crippen molar-refractivity contribution in [3.05, 3.63) is 89.7 Å². The lowest BCUT2D eigenvalue weighted by Gasteiger charge is -2.10. The van der Waals surface area contributed by atoms with Gasteiger partial charge in [0.25, 0.3) is 15.9 Å². The number of carbonyl (C=O) groups excluding carboxylic acids is 1. The maximum absolute atomic E-state index is 12.9. The molecule has 0 atom stereocenters. The summed E-state index contributed by atoms with van der Waals surface area (Å²) in [7, 11) is -3.74. The van der Waals surface area contributed by atoms with Crippen molar-refractivity contribution in [1.82, 2.24) is 0 Å². The molecule has 0 bridgehead atoms. The Morgan fingerprint density at radius 1 is 0.889 bits per heavy atom. The van der Waals surface area contributed by atoms with Crippen molar-refractivity contribution >= 4 is 27.3 Å². The van der Waals surface area contributed by atoms with Gasteiger partial charge in [-0.05, 0) is 73.2 Å². The largest absolute Gasteiger partial charge is 0.322 e. The standard InChI is InChI=1S/C20H17FN2O3S/c1-14-3-2-4-18(13-14)23-27(25,26)19-11-9-17(10-12-19)22-20(24)15-5-7-16(21)8-6-15/h2-13,23H,1H3,(H,22,24). The molecule has 0 aliphatic rings. The third kappa shape index (κ3) is 4.71. The highest BCUT2D eigenvalue weighted by atomic mass is 32.2. The van der Waals surface area contributed by atoms with Gasteiger partial charge in [0.1, 0.15) is 5.82 Å². The third-order valence-corrected chi connectivity index (χ3v) is 5.20. The molecule has 0 aliphatic carbocycles. The fourth-order valence-electron chi connectivity index (χ4n) is 2.44. The van der Waals surface area contributed by atoms with Crippen molar-refractivity contribution < 1.29 is 17.6 Å². The first kappa shape index (κ1) is 18.6. The molecule has 3 aromatic carbocycles. The minimum Gasteiger partial charge on any atom is -0.322 e. The van der Waals surface area contributed by atoms with Crippen molar-refractivity contribution in [2.45, 2.75) is 11.8 Å². The molecule has 0 aromatic heterocycles. The maximum atomic E-state index is 12.9. The smallest absolute Gasteiger partial charge is 0.261 e. The van der Waals surface area contributed by atoms with E-state index >= 15 is 0 Å². The highest BCUT2D eigenvalue weighted by molar-refractivity contribution is 7.92. The molecule has 0 spiro atoms. The lowest BCUT2D eigenvalue weighted by Crippen LogP contribution is -2.14. The molecular weight excluding hydrogens is 367 g/mol. The number of sulfonamides is 1. The van der Waals surface area contributed by atoms with E-state index in [1.165, 1.54) is 48.5 Å². The van der Waals surface area contributed by atoms with Gasteiger partial charge in [-0.25, -0.2) is 12.8 Å². The number of hydrogen-bond acceptors (Lipinski definition) is 3. The average molecular weight is 384 g/mol. The predicted molar refractivity (Wildman–Crippen MR) is 103 cm³/mol. The van der Waals surface area contributed by atoms with Gasteiger partial charge in [0.05, 0.1) is 4.90 Å². The Kier molecular flexibility index (Phi) is 5.23. The number of halogens is 1. The zero-order chi connectivity index (χ0) is 19.4. The molecule has 0 unspecified atom stereocenters. The second-order valence-corrected chi connectivity index (χ2v) is 7.64. The van der Waals surface area contributed by atoms with Gasteiger partial charge in [-0.15, -0.1) is 0 Å². The topological polar surface area (TPSA) is 75.3 Å². The molecule has 0 fully saturated rings. The summed E-state index contributed by atoms with van der Waals surface area (Å²) in [5.74, 6) is -0.842. The summed E-state index contributed by atoms with van der Waals surface area (Å²) < 4.78 is 40.4. The molecule has 1 amide bonds. The normalized spacial score (nSPS) is 11.0. The van der Waals surface area contributed by atoms with Crippen LogP contribution in [0.5, 0.6) is 0 Å². The van der Waals surface area contributed by atoms with E-state index in [0.717, 1.165) is 5.56 Å². The van der Waals surface area contributed by atoms with E-state index in [9.17, 15) is 17.6 Å². The quantitative estimate of drug-likeness (QED) is 0.693. The Labute approximate surface area is 156 Å². The van der Waals surface area contributed by atoms with Crippen LogP contribution in [-0.4, -0.2) is 14.3 Å².